The summed E-state index contributed by atoms with van der Waals surface area (Å²) in [6, 6.07) is 14.7. The molecule has 1 aliphatic heterocycles. The van der Waals surface area contributed by atoms with Crippen LogP contribution in [0.25, 0.3) is 22.0 Å². The van der Waals surface area contributed by atoms with E-state index < -0.39 is 16.4 Å². The average Bonchev–Trinajstić information content (AvgIpc) is 3.40. The highest BCUT2D eigenvalue weighted by Gasteiger charge is 2.32. The highest BCUT2D eigenvalue weighted by molar-refractivity contribution is 7.89. The lowest BCUT2D eigenvalue weighted by atomic mass is 9.99. The number of hydrogen-bond acceptors (Lipinski definition) is 8. The van der Waals surface area contributed by atoms with Gasteiger partial charge in [-0.3, -0.25) is 4.90 Å². The van der Waals surface area contributed by atoms with Crippen LogP contribution in [0, 0.1) is 0 Å². The molecule has 0 saturated carbocycles. The van der Waals surface area contributed by atoms with Crippen LogP contribution in [0.5, 0.6) is 17.2 Å². The number of aromatic nitrogens is 1. The maximum Gasteiger partial charge on any atom is 0.573 e. The molecule has 1 fully saturated rings. The fraction of sp³-hybridized carbons (Fsp3) is 0.375. The standard InChI is InChI=1S/C32H38F3N5O5S/c1-43-25-14-22(15-26(17-25)44-2)20-38-10-12-40(13-11-38)46(41,42)27-5-7-31-29(18-27)30(21-39(31)9-3-8-36)28-6-4-24(16-23(28)19-37)45-32(33,34)35/h4-7,14-18,21H,3,8-13,19-20,36-37H2,1-2H3. The van der Waals surface area contributed by atoms with Gasteiger partial charge in [-0.2, -0.15) is 4.31 Å². The van der Waals surface area contributed by atoms with Gasteiger partial charge in [0.15, 0.2) is 0 Å². The second-order valence-electron chi connectivity index (χ2n) is 11.0. The maximum absolute atomic E-state index is 13.9. The van der Waals surface area contributed by atoms with Crippen LogP contribution >= 0.6 is 0 Å². The molecule has 5 rings (SSSR count). The molecule has 3 aromatic carbocycles. The number of methoxy groups -OCH3 is 2. The largest absolute Gasteiger partial charge is 0.573 e. The van der Waals surface area contributed by atoms with E-state index in [-0.39, 0.29) is 17.2 Å². The second-order valence-corrected chi connectivity index (χ2v) is 13.0. The van der Waals surface area contributed by atoms with E-state index in [1.54, 1.807) is 38.5 Å². The number of rotatable bonds is 12. The van der Waals surface area contributed by atoms with Crippen LogP contribution in [0.1, 0.15) is 17.5 Å². The van der Waals surface area contributed by atoms with Crippen LogP contribution < -0.4 is 25.7 Å². The van der Waals surface area contributed by atoms with Crippen molar-refractivity contribution in [3.8, 4) is 28.4 Å². The number of halogens is 3. The summed E-state index contributed by atoms with van der Waals surface area (Å²) >= 11 is 0. The third-order valence-electron chi connectivity index (χ3n) is 8.06. The van der Waals surface area contributed by atoms with Gasteiger partial charge in [0, 0.05) is 74.5 Å². The van der Waals surface area contributed by atoms with E-state index in [9.17, 15) is 21.6 Å². The van der Waals surface area contributed by atoms with Crippen molar-refractivity contribution in [2.45, 2.75) is 37.3 Å². The number of nitrogens with zero attached hydrogens (tertiary/aromatic N) is 3. The summed E-state index contributed by atoms with van der Waals surface area (Å²) in [5.74, 6) is 0.995. The molecule has 0 atom stereocenters. The number of sulfonamides is 1. The average molecular weight is 662 g/mol. The fourth-order valence-electron chi connectivity index (χ4n) is 5.79. The van der Waals surface area contributed by atoms with Crippen molar-refractivity contribution in [2.75, 3.05) is 46.9 Å². The molecule has 0 spiro atoms. The summed E-state index contributed by atoms with van der Waals surface area (Å²) in [5.41, 5.74) is 15.2. The number of hydrogen-bond donors (Lipinski definition) is 2. The van der Waals surface area contributed by atoms with Crippen LogP contribution in [0.2, 0.25) is 0 Å². The van der Waals surface area contributed by atoms with E-state index >= 15 is 0 Å². The maximum atomic E-state index is 13.9. The third-order valence-corrected chi connectivity index (χ3v) is 9.96. The highest BCUT2D eigenvalue weighted by atomic mass is 32.2. The summed E-state index contributed by atoms with van der Waals surface area (Å²) in [6.45, 7) is 3.29. The molecule has 10 nitrogen and oxygen atoms in total. The van der Waals surface area contributed by atoms with Gasteiger partial charge in [0.25, 0.3) is 0 Å². The van der Waals surface area contributed by atoms with E-state index in [1.807, 2.05) is 22.9 Å². The van der Waals surface area contributed by atoms with Gasteiger partial charge in [-0.05, 0) is 72.1 Å². The van der Waals surface area contributed by atoms with Gasteiger partial charge < -0.3 is 30.2 Å². The molecule has 46 heavy (non-hydrogen) atoms. The summed E-state index contributed by atoms with van der Waals surface area (Å²) < 4.78 is 84.7. The highest BCUT2D eigenvalue weighted by Crippen LogP contribution is 2.37. The molecule has 4 N–H and O–H groups in total. The van der Waals surface area contributed by atoms with E-state index in [4.69, 9.17) is 20.9 Å². The Bertz CT molecular complexity index is 1760. The summed E-state index contributed by atoms with van der Waals surface area (Å²) in [5, 5.41) is 0.642. The minimum absolute atomic E-state index is 0.0509. The number of benzene rings is 3. The SMILES string of the molecule is COc1cc(CN2CCN(S(=O)(=O)c3ccc4c(c3)c(-c3ccc(OC(F)(F)F)cc3CN)cn4CCCN)CC2)cc(OC)c1. The second kappa shape index (κ2) is 13.9. The van der Waals surface area contributed by atoms with Gasteiger partial charge in [0.2, 0.25) is 10.0 Å². The summed E-state index contributed by atoms with van der Waals surface area (Å²) in [6.07, 6.45) is -2.30. The van der Waals surface area contributed by atoms with Crippen molar-refractivity contribution in [1.29, 1.82) is 0 Å². The molecule has 0 radical (unpaired) electrons. The zero-order valence-electron chi connectivity index (χ0n) is 25.7. The van der Waals surface area contributed by atoms with Crippen LogP contribution in [-0.2, 0) is 29.7 Å². The number of alkyl halides is 3. The lowest BCUT2D eigenvalue weighted by molar-refractivity contribution is -0.274. The zero-order valence-corrected chi connectivity index (χ0v) is 26.5. The summed E-state index contributed by atoms with van der Waals surface area (Å²) in [4.78, 5) is 2.31. The topological polar surface area (TPSA) is 125 Å². The lowest BCUT2D eigenvalue weighted by Crippen LogP contribution is -2.48. The van der Waals surface area contributed by atoms with E-state index in [0.29, 0.717) is 85.8 Å². The van der Waals surface area contributed by atoms with Crippen molar-refractivity contribution in [3.05, 3.63) is 71.9 Å². The first-order valence-corrected chi connectivity index (χ1v) is 16.3. The van der Waals surface area contributed by atoms with Gasteiger partial charge >= 0.3 is 6.36 Å². The zero-order chi connectivity index (χ0) is 33.1. The van der Waals surface area contributed by atoms with E-state index in [0.717, 1.165) is 11.1 Å². The molecule has 248 valence electrons. The molecule has 2 heterocycles. The van der Waals surface area contributed by atoms with Gasteiger partial charge in [-0.25, -0.2) is 8.42 Å². The number of piperazine rings is 1. The normalized spacial score (nSPS) is 14.9. The Kier molecular flexibility index (Phi) is 10.1. The quantitative estimate of drug-likeness (QED) is 0.227. The lowest BCUT2D eigenvalue weighted by Gasteiger charge is -2.34. The van der Waals surface area contributed by atoms with Gasteiger partial charge in [0.1, 0.15) is 17.2 Å². The van der Waals surface area contributed by atoms with Gasteiger partial charge in [-0.1, -0.05) is 6.07 Å². The van der Waals surface area contributed by atoms with Gasteiger partial charge in [0.05, 0.1) is 19.1 Å². The first-order valence-electron chi connectivity index (χ1n) is 14.8. The van der Waals surface area contributed by atoms with Crippen LogP contribution in [0.3, 0.4) is 0 Å². The molecule has 0 unspecified atom stereocenters. The number of ether oxygens (including phenoxy) is 3. The van der Waals surface area contributed by atoms with Crippen molar-refractivity contribution in [2.24, 2.45) is 11.5 Å². The molecule has 1 aromatic heterocycles. The minimum Gasteiger partial charge on any atom is -0.497 e. The van der Waals surface area contributed by atoms with Crippen molar-refractivity contribution < 1.29 is 35.8 Å². The Balaban J connectivity index is 1.42. The molecule has 14 heteroatoms. The number of nitrogens with two attached hydrogens (primary N) is 2. The first kappa shape index (κ1) is 33.5. The van der Waals surface area contributed by atoms with Crippen molar-refractivity contribution >= 4 is 20.9 Å². The molecular weight excluding hydrogens is 623 g/mol. The molecule has 0 aliphatic carbocycles. The molecule has 0 bridgehead atoms. The minimum atomic E-state index is -4.84. The number of aryl methyl sites for hydroxylation is 1. The third kappa shape index (κ3) is 7.42. The van der Waals surface area contributed by atoms with Crippen molar-refractivity contribution in [1.82, 2.24) is 13.8 Å². The Morgan fingerprint density at radius 3 is 2.15 bits per heavy atom. The molecule has 4 aromatic rings. The predicted octanol–water partition coefficient (Wildman–Crippen LogP) is 4.54. The Labute approximate surface area is 266 Å². The predicted molar refractivity (Wildman–Crippen MR) is 169 cm³/mol. The van der Waals surface area contributed by atoms with Gasteiger partial charge in [-0.15, -0.1) is 13.2 Å². The Morgan fingerprint density at radius 1 is 0.848 bits per heavy atom. The van der Waals surface area contributed by atoms with Crippen LogP contribution in [0.15, 0.2) is 65.7 Å². The molecule has 1 aliphatic rings. The smallest absolute Gasteiger partial charge is 0.497 e. The Morgan fingerprint density at radius 2 is 1.54 bits per heavy atom. The molecule has 0 amide bonds. The monoisotopic (exact) mass is 661 g/mol. The van der Waals surface area contributed by atoms with E-state index in [2.05, 4.69) is 9.64 Å². The van der Waals surface area contributed by atoms with E-state index in [1.165, 1.54) is 22.5 Å². The van der Waals surface area contributed by atoms with Crippen LogP contribution in [-0.4, -0.2) is 75.5 Å². The molecular formula is C32H38F3N5O5S. The fourth-order valence-corrected chi connectivity index (χ4v) is 7.24. The summed E-state index contributed by atoms with van der Waals surface area (Å²) in [7, 11) is -0.662. The Hall–Kier alpha value is -3.82. The first-order chi connectivity index (χ1) is 21.9. The van der Waals surface area contributed by atoms with Crippen LogP contribution in [0.4, 0.5) is 13.2 Å². The van der Waals surface area contributed by atoms with Crippen molar-refractivity contribution in [3.63, 3.8) is 0 Å². The molecule has 1 saturated heterocycles. The number of fused-ring (bicyclic) bond motifs is 1.